The molecule has 1 aliphatic heterocycles. The number of anilines is 1. The lowest BCUT2D eigenvalue weighted by Crippen LogP contribution is -2.29. The highest BCUT2D eigenvalue weighted by molar-refractivity contribution is 7.99. The summed E-state index contributed by atoms with van der Waals surface area (Å²) in [4.78, 5) is 17.3. The van der Waals surface area contributed by atoms with Crippen molar-refractivity contribution in [2.75, 3.05) is 25.3 Å². The Morgan fingerprint density at radius 1 is 1.17 bits per heavy atom. The lowest BCUT2D eigenvalue weighted by atomic mass is 9.95. The van der Waals surface area contributed by atoms with E-state index in [9.17, 15) is 4.79 Å². The van der Waals surface area contributed by atoms with Crippen LogP contribution in [0.2, 0.25) is 10.0 Å². The monoisotopic (exact) mass is 534 g/mol. The number of rotatable bonds is 8. The average molecular weight is 535 g/mol. The van der Waals surface area contributed by atoms with Crippen LogP contribution < -0.4 is 14.8 Å². The van der Waals surface area contributed by atoms with Gasteiger partial charge in [0.15, 0.2) is 11.5 Å². The number of esters is 1. The van der Waals surface area contributed by atoms with Crippen molar-refractivity contribution in [3.8, 4) is 11.5 Å². The Labute approximate surface area is 217 Å². The van der Waals surface area contributed by atoms with Gasteiger partial charge in [0.2, 0.25) is 11.1 Å². The number of methoxy groups -OCH3 is 2. The smallest absolute Gasteiger partial charge is 0.338 e. The lowest BCUT2D eigenvalue weighted by molar-refractivity contribution is -0.136. The van der Waals surface area contributed by atoms with Crippen LogP contribution in [-0.2, 0) is 16.1 Å². The van der Waals surface area contributed by atoms with E-state index in [-0.39, 0.29) is 6.61 Å². The molecule has 0 amide bonds. The van der Waals surface area contributed by atoms with Crippen molar-refractivity contribution in [3.63, 3.8) is 0 Å². The number of carbonyl (C=O) groups excluding carboxylic acids is 1. The second-order valence-electron chi connectivity index (χ2n) is 7.55. The minimum absolute atomic E-state index is 0.165. The van der Waals surface area contributed by atoms with Gasteiger partial charge in [0.1, 0.15) is 12.6 Å². The number of carbonyl (C=O) groups is 1. The van der Waals surface area contributed by atoms with Gasteiger partial charge < -0.3 is 19.5 Å². The van der Waals surface area contributed by atoms with Crippen LogP contribution in [0.4, 0.5) is 5.95 Å². The molecule has 0 aliphatic carbocycles. The van der Waals surface area contributed by atoms with Gasteiger partial charge in [-0.05, 0) is 42.5 Å². The normalized spacial score (nSPS) is 14.9. The predicted molar refractivity (Wildman–Crippen MR) is 137 cm³/mol. The molecule has 2 heterocycles. The van der Waals surface area contributed by atoms with Gasteiger partial charge in [-0.15, -0.1) is 5.10 Å². The molecule has 11 heteroatoms. The van der Waals surface area contributed by atoms with E-state index in [4.69, 9.17) is 37.4 Å². The van der Waals surface area contributed by atoms with Crippen LogP contribution in [0.25, 0.3) is 0 Å². The molecule has 8 nitrogen and oxygen atoms in total. The summed E-state index contributed by atoms with van der Waals surface area (Å²) >= 11 is 14.1. The zero-order valence-electron chi connectivity index (χ0n) is 19.6. The van der Waals surface area contributed by atoms with Crippen LogP contribution in [0.5, 0.6) is 11.5 Å². The van der Waals surface area contributed by atoms with Crippen molar-refractivity contribution in [1.29, 1.82) is 0 Å². The van der Waals surface area contributed by atoms with E-state index >= 15 is 0 Å². The SMILES string of the molecule is CCSc1nc2n(n1)C(c1ccc(OCc3c(Cl)cccc3Cl)c(OC)c1)C(C(=O)OC)=C(C)N2. The van der Waals surface area contributed by atoms with E-state index in [0.29, 0.717) is 49.5 Å². The summed E-state index contributed by atoms with van der Waals surface area (Å²) in [6, 6.07) is 10.2. The van der Waals surface area contributed by atoms with Gasteiger partial charge in [-0.25, -0.2) is 9.48 Å². The van der Waals surface area contributed by atoms with Crippen LogP contribution in [0.15, 0.2) is 52.8 Å². The van der Waals surface area contributed by atoms with Crippen LogP contribution in [-0.4, -0.2) is 40.7 Å². The molecule has 1 N–H and O–H groups in total. The van der Waals surface area contributed by atoms with Crippen molar-refractivity contribution in [3.05, 3.63) is 68.8 Å². The molecule has 35 heavy (non-hydrogen) atoms. The third kappa shape index (κ3) is 5.07. The molecule has 3 aromatic rings. The summed E-state index contributed by atoms with van der Waals surface area (Å²) in [5, 5.41) is 9.45. The van der Waals surface area contributed by atoms with Gasteiger partial charge in [-0.3, -0.25) is 0 Å². The molecule has 0 fully saturated rings. The minimum atomic E-state index is -0.571. The molecule has 1 aromatic heterocycles. The summed E-state index contributed by atoms with van der Waals surface area (Å²) in [7, 11) is 2.91. The zero-order chi connectivity index (χ0) is 25.1. The van der Waals surface area contributed by atoms with E-state index < -0.39 is 12.0 Å². The number of aromatic nitrogens is 3. The molecule has 0 bridgehead atoms. The molecule has 184 valence electrons. The molecule has 0 radical (unpaired) electrons. The van der Waals surface area contributed by atoms with Gasteiger partial charge in [0.05, 0.1) is 19.8 Å². The number of halogens is 2. The Hall–Kier alpha value is -2.88. The first-order chi connectivity index (χ1) is 16.9. The van der Waals surface area contributed by atoms with Crippen LogP contribution in [0.1, 0.15) is 31.0 Å². The maximum atomic E-state index is 12.8. The van der Waals surface area contributed by atoms with Crippen molar-refractivity contribution in [2.24, 2.45) is 0 Å². The molecule has 0 saturated carbocycles. The van der Waals surface area contributed by atoms with E-state index in [1.54, 1.807) is 36.1 Å². The molecule has 1 unspecified atom stereocenters. The summed E-state index contributed by atoms with van der Waals surface area (Å²) in [5.41, 5.74) is 2.50. The number of allylic oxidation sites excluding steroid dienone is 1. The fourth-order valence-electron chi connectivity index (χ4n) is 3.80. The number of ether oxygens (including phenoxy) is 3. The van der Waals surface area contributed by atoms with Crippen LogP contribution >= 0.6 is 35.0 Å². The fourth-order valence-corrected chi connectivity index (χ4v) is 4.86. The molecule has 1 atom stereocenters. The number of nitrogens with zero attached hydrogens (tertiary/aromatic N) is 3. The van der Waals surface area contributed by atoms with Crippen molar-refractivity contribution in [2.45, 2.75) is 31.7 Å². The standard InChI is InChI=1S/C24H24Cl2N4O4S/c1-5-35-24-28-23-27-13(2)20(22(31)33-4)21(30(23)29-24)14-9-10-18(19(11-14)32-3)34-12-15-16(25)7-6-8-17(15)26/h6-11,21H,5,12H2,1-4H3,(H,27,28,29). The summed E-state index contributed by atoms with van der Waals surface area (Å²) in [6.45, 7) is 4.00. The number of benzene rings is 2. The van der Waals surface area contributed by atoms with Gasteiger partial charge in [0.25, 0.3) is 0 Å². The molecular formula is C24H24Cl2N4O4S. The van der Waals surface area contributed by atoms with Crippen molar-refractivity contribution >= 4 is 46.9 Å². The van der Waals surface area contributed by atoms with E-state index in [2.05, 4.69) is 15.4 Å². The van der Waals surface area contributed by atoms with Crippen LogP contribution in [0.3, 0.4) is 0 Å². The number of nitrogens with one attached hydrogen (secondary N) is 1. The first-order valence-corrected chi connectivity index (χ1v) is 12.5. The first-order valence-electron chi connectivity index (χ1n) is 10.8. The Morgan fingerprint density at radius 2 is 1.91 bits per heavy atom. The van der Waals surface area contributed by atoms with Gasteiger partial charge in [0, 0.05) is 21.3 Å². The molecule has 1 aliphatic rings. The Morgan fingerprint density at radius 3 is 2.57 bits per heavy atom. The number of fused-ring (bicyclic) bond motifs is 1. The minimum Gasteiger partial charge on any atom is -0.493 e. The predicted octanol–water partition coefficient (Wildman–Crippen LogP) is 5.75. The zero-order valence-corrected chi connectivity index (χ0v) is 21.9. The summed E-state index contributed by atoms with van der Waals surface area (Å²) < 4.78 is 18.4. The Bertz CT molecular complexity index is 1270. The Kier molecular flexibility index (Phi) is 7.78. The van der Waals surface area contributed by atoms with E-state index in [0.717, 1.165) is 11.3 Å². The molecule has 0 saturated heterocycles. The fraction of sp³-hybridized carbons (Fsp3) is 0.292. The third-order valence-electron chi connectivity index (χ3n) is 5.45. The molecule has 2 aromatic carbocycles. The third-order valence-corrected chi connectivity index (χ3v) is 6.88. The van der Waals surface area contributed by atoms with Crippen molar-refractivity contribution < 1.29 is 19.0 Å². The number of hydrogen-bond acceptors (Lipinski definition) is 8. The number of hydrogen-bond donors (Lipinski definition) is 1. The summed E-state index contributed by atoms with van der Waals surface area (Å²) in [6.07, 6.45) is 0. The Balaban J connectivity index is 1.72. The highest BCUT2D eigenvalue weighted by Gasteiger charge is 2.35. The number of thioether (sulfide) groups is 1. The largest absolute Gasteiger partial charge is 0.493 e. The second kappa shape index (κ2) is 10.8. The van der Waals surface area contributed by atoms with Gasteiger partial charge >= 0.3 is 5.97 Å². The quantitative estimate of drug-likeness (QED) is 0.289. The van der Waals surface area contributed by atoms with E-state index in [1.165, 1.54) is 18.9 Å². The highest BCUT2D eigenvalue weighted by Crippen LogP contribution is 2.40. The maximum Gasteiger partial charge on any atom is 0.338 e. The van der Waals surface area contributed by atoms with Gasteiger partial charge in [-0.2, -0.15) is 4.98 Å². The second-order valence-corrected chi connectivity index (χ2v) is 9.60. The molecular weight excluding hydrogens is 511 g/mol. The summed E-state index contributed by atoms with van der Waals surface area (Å²) in [5.74, 6) is 1.89. The lowest BCUT2D eigenvalue weighted by Gasteiger charge is -2.28. The van der Waals surface area contributed by atoms with Crippen LogP contribution in [0, 0.1) is 0 Å². The van der Waals surface area contributed by atoms with Crippen molar-refractivity contribution in [1.82, 2.24) is 14.8 Å². The first kappa shape index (κ1) is 25.2. The maximum absolute atomic E-state index is 12.8. The average Bonchev–Trinajstić information content (AvgIpc) is 3.24. The van der Waals surface area contributed by atoms with Gasteiger partial charge in [-0.1, -0.05) is 54.0 Å². The highest BCUT2D eigenvalue weighted by atomic mass is 35.5. The van der Waals surface area contributed by atoms with E-state index in [1.807, 2.05) is 26.0 Å². The molecule has 4 rings (SSSR count). The topological polar surface area (TPSA) is 87.5 Å². The molecule has 0 spiro atoms.